The molecule has 0 heterocycles. The summed E-state index contributed by atoms with van der Waals surface area (Å²) in [6.07, 6.45) is 6.04. The van der Waals surface area contributed by atoms with Crippen LogP contribution in [0.3, 0.4) is 0 Å². The van der Waals surface area contributed by atoms with Crippen LogP contribution in [0.5, 0.6) is 0 Å². The predicted octanol–water partition coefficient (Wildman–Crippen LogP) is 0.864. The molecule has 1 fully saturated rings. The molecule has 1 aliphatic carbocycles. The Morgan fingerprint density at radius 2 is 2.00 bits per heavy atom. The van der Waals surface area contributed by atoms with Crippen molar-refractivity contribution in [1.82, 2.24) is 5.32 Å². The van der Waals surface area contributed by atoms with Crippen molar-refractivity contribution in [1.29, 1.82) is 0 Å². The summed E-state index contributed by atoms with van der Waals surface area (Å²) in [6, 6.07) is -0.155. The lowest BCUT2D eigenvalue weighted by molar-refractivity contribution is -0.0468. The summed E-state index contributed by atoms with van der Waals surface area (Å²) in [5.41, 5.74) is 5.18. The second-order valence-corrected chi connectivity index (χ2v) is 4.65. The third-order valence-electron chi connectivity index (χ3n) is 3.56. The van der Waals surface area contributed by atoms with Gasteiger partial charge in [0.05, 0.1) is 5.60 Å². The summed E-state index contributed by atoms with van der Waals surface area (Å²) in [5.74, 6) is 0.378. The second-order valence-electron chi connectivity index (χ2n) is 4.65. The van der Waals surface area contributed by atoms with Crippen LogP contribution in [0, 0.1) is 5.92 Å². The summed E-state index contributed by atoms with van der Waals surface area (Å²) >= 11 is 0. The zero-order valence-electron chi connectivity index (χ0n) is 9.42. The maximum absolute atomic E-state index is 10.5. The van der Waals surface area contributed by atoms with Gasteiger partial charge in [-0.1, -0.05) is 19.3 Å². The molecule has 0 radical (unpaired) electrons. The Morgan fingerprint density at radius 3 is 2.43 bits per heavy atom. The minimum Gasteiger partial charge on any atom is -0.387 e. The van der Waals surface area contributed by atoms with Gasteiger partial charge >= 0.3 is 0 Å². The van der Waals surface area contributed by atoms with Crippen molar-refractivity contribution in [2.24, 2.45) is 11.7 Å². The van der Waals surface area contributed by atoms with Gasteiger partial charge in [0, 0.05) is 12.6 Å². The quantitative estimate of drug-likeness (QED) is 0.631. The highest BCUT2D eigenvalue weighted by Gasteiger charge is 2.39. The molecule has 3 heteroatoms. The molecule has 0 aromatic heterocycles. The van der Waals surface area contributed by atoms with E-state index in [4.69, 9.17) is 5.73 Å². The Labute approximate surface area is 87.1 Å². The average Bonchev–Trinajstić information content (AvgIpc) is 2.19. The van der Waals surface area contributed by atoms with E-state index < -0.39 is 5.60 Å². The molecule has 84 valence electrons. The summed E-state index contributed by atoms with van der Waals surface area (Å²) in [6.45, 7) is 2.52. The lowest BCUT2D eigenvalue weighted by atomic mass is 9.73. The molecule has 3 nitrogen and oxygen atoms in total. The highest BCUT2D eigenvalue weighted by molar-refractivity contribution is 4.95. The number of hydrogen-bond acceptors (Lipinski definition) is 3. The van der Waals surface area contributed by atoms with Crippen LogP contribution in [0.2, 0.25) is 0 Å². The van der Waals surface area contributed by atoms with Gasteiger partial charge in [0.25, 0.3) is 0 Å². The maximum atomic E-state index is 10.5. The smallest absolute Gasteiger partial charge is 0.0946 e. The molecule has 14 heavy (non-hydrogen) atoms. The van der Waals surface area contributed by atoms with Gasteiger partial charge in [0.2, 0.25) is 0 Å². The fourth-order valence-electron chi connectivity index (χ4n) is 2.56. The third-order valence-corrected chi connectivity index (χ3v) is 3.56. The third kappa shape index (κ3) is 2.47. The van der Waals surface area contributed by atoms with Crippen LogP contribution in [0.1, 0.15) is 39.0 Å². The summed E-state index contributed by atoms with van der Waals surface area (Å²) in [5, 5.41) is 13.6. The van der Waals surface area contributed by atoms with E-state index in [0.717, 1.165) is 12.8 Å². The zero-order valence-corrected chi connectivity index (χ0v) is 9.42. The highest BCUT2D eigenvalue weighted by atomic mass is 16.3. The van der Waals surface area contributed by atoms with E-state index >= 15 is 0 Å². The van der Waals surface area contributed by atoms with E-state index in [1.165, 1.54) is 19.3 Å². The summed E-state index contributed by atoms with van der Waals surface area (Å²) in [7, 11) is 1.87. The van der Waals surface area contributed by atoms with Crippen molar-refractivity contribution in [3.8, 4) is 0 Å². The van der Waals surface area contributed by atoms with Crippen LogP contribution in [0.4, 0.5) is 0 Å². The van der Waals surface area contributed by atoms with Crippen LogP contribution in [0.25, 0.3) is 0 Å². The SMILES string of the molecule is CNC[C@@](O)(C1CCCCC1)[C@H](C)N. The van der Waals surface area contributed by atoms with Crippen LogP contribution >= 0.6 is 0 Å². The molecule has 2 atom stereocenters. The Bertz CT molecular complexity index is 167. The van der Waals surface area contributed by atoms with Gasteiger partial charge in [-0.2, -0.15) is 0 Å². The molecule has 0 unspecified atom stereocenters. The second kappa shape index (κ2) is 5.10. The first-order valence-electron chi connectivity index (χ1n) is 5.74. The minimum absolute atomic E-state index is 0.155. The van der Waals surface area contributed by atoms with Gasteiger partial charge in [-0.3, -0.25) is 0 Å². The van der Waals surface area contributed by atoms with Gasteiger partial charge in [-0.15, -0.1) is 0 Å². The van der Waals surface area contributed by atoms with Gasteiger partial charge in [0.1, 0.15) is 0 Å². The molecule has 0 aromatic rings. The molecular formula is C11H24N2O. The number of aliphatic hydroxyl groups is 1. The minimum atomic E-state index is -0.713. The molecule has 1 saturated carbocycles. The van der Waals surface area contributed by atoms with E-state index in [-0.39, 0.29) is 6.04 Å². The first-order chi connectivity index (χ1) is 6.61. The standard InChI is InChI=1S/C11H24N2O/c1-9(12)11(14,8-13-2)10-6-4-3-5-7-10/h9-10,13-14H,3-8,12H2,1-2H3/t9-,11-/m0/s1. The van der Waals surface area contributed by atoms with Crippen LogP contribution in [-0.4, -0.2) is 30.3 Å². The van der Waals surface area contributed by atoms with Crippen LogP contribution in [-0.2, 0) is 0 Å². The lowest BCUT2D eigenvalue weighted by Gasteiger charge is -2.41. The van der Waals surface area contributed by atoms with Crippen molar-refractivity contribution in [3.05, 3.63) is 0 Å². The van der Waals surface area contributed by atoms with Crippen LogP contribution < -0.4 is 11.1 Å². The Hall–Kier alpha value is -0.120. The van der Waals surface area contributed by atoms with Gasteiger partial charge in [0.15, 0.2) is 0 Å². The monoisotopic (exact) mass is 200 g/mol. The number of likely N-dealkylation sites (N-methyl/N-ethyl adjacent to an activating group) is 1. The zero-order chi connectivity index (χ0) is 10.6. The van der Waals surface area contributed by atoms with E-state index in [0.29, 0.717) is 12.5 Å². The summed E-state index contributed by atoms with van der Waals surface area (Å²) in [4.78, 5) is 0. The van der Waals surface area contributed by atoms with Gasteiger partial charge in [-0.25, -0.2) is 0 Å². The van der Waals surface area contributed by atoms with Crippen molar-refractivity contribution in [3.63, 3.8) is 0 Å². The first-order valence-corrected chi connectivity index (χ1v) is 5.74. The topological polar surface area (TPSA) is 58.3 Å². The fourth-order valence-corrected chi connectivity index (χ4v) is 2.56. The summed E-state index contributed by atoms with van der Waals surface area (Å²) < 4.78 is 0. The largest absolute Gasteiger partial charge is 0.387 e. The molecule has 0 bridgehead atoms. The van der Waals surface area contributed by atoms with E-state index in [2.05, 4.69) is 5.32 Å². The van der Waals surface area contributed by atoms with E-state index in [1.54, 1.807) is 0 Å². The first kappa shape index (κ1) is 12.0. The molecule has 0 amide bonds. The van der Waals surface area contributed by atoms with Gasteiger partial charge < -0.3 is 16.2 Å². The Morgan fingerprint density at radius 1 is 1.43 bits per heavy atom. The van der Waals surface area contributed by atoms with Crippen molar-refractivity contribution < 1.29 is 5.11 Å². The van der Waals surface area contributed by atoms with Crippen molar-refractivity contribution >= 4 is 0 Å². The number of nitrogens with one attached hydrogen (secondary N) is 1. The molecule has 0 spiro atoms. The number of hydrogen-bond donors (Lipinski definition) is 3. The van der Waals surface area contributed by atoms with Crippen molar-refractivity contribution in [2.75, 3.05) is 13.6 Å². The average molecular weight is 200 g/mol. The molecule has 4 N–H and O–H groups in total. The predicted molar refractivity (Wildman–Crippen MR) is 59.1 cm³/mol. The van der Waals surface area contributed by atoms with Gasteiger partial charge in [-0.05, 0) is 32.7 Å². The molecule has 0 aromatic carbocycles. The molecular weight excluding hydrogens is 176 g/mol. The fraction of sp³-hybridized carbons (Fsp3) is 1.00. The molecule has 0 saturated heterocycles. The van der Waals surface area contributed by atoms with Crippen LogP contribution in [0.15, 0.2) is 0 Å². The van der Waals surface area contributed by atoms with E-state index in [1.807, 2.05) is 14.0 Å². The Kier molecular flexibility index (Phi) is 4.35. The molecule has 0 aliphatic heterocycles. The number of rotatable bonds is 4. The number of nitrogens with two attached hydrogens (primary N) is 1. The lowest BCUT2D eigenvalue weighted by Crippen LogP contribution is -2.57. The Balaban J connectivity index is 2.64. The normalized spacial score (nSPS) is 25.7. The maximum Gasteiger partial charge on any atom is 0.0946 e. The molecule has 1 aliphatic rings. The van der Waals surface area contributed by atoms with E-state index in [9.17, 15) is 5.11 Å². The highest BCUT2D eigenvalue weighted by Crippen LogP contribution is 2.33. The van der Waals surface area contributed by atoms with Crippen molar-refractivity contribution in [2.45, 2.75) is 50.7 Å². The molecule has 1 rings (SSSR count).